The number of hydrogen-bond acceptors (Lipinski definition) is 2. The number of benzene rings is 1. The molecule has 3 atom stereocenters. The van der Waals surface area contributed by atoms with Gasteiger partial charge >= 0.3 is 0 Å². The standard InChI is InChI=1S/C18H28N2/c1-4-11-20(14-9-10-14)17-12-13(2)15-7-5-6-8-16(15)18(17)19-3/h5-8,13-14,17-19H,4,9-12H2,1-3H3. The highest BCUT2D eigenvalue weighted by atomic mass is 15.2. The van der Waals surface area contributed by atoms with Crippen LogP contribution in [0.3, 0.4) is 0 Å². The van der Waals surface area contributed by atoms with Gasteiger partial charge in [0.25, 0.3) is 0 Å². The Labute approximate surface area is 123 Å². The molecule has 0 amide bonds. The molecule has 2 heteroatoms. The topological polar surface area (TPSA) is 15.3 Å². The molecule has 110 valence electrons. The summed E-state index contributed by atoms with van der Waals surface area (Å²) in [5.41, 5.74) is 3.08. The number of nitrogens with one attached hydrogen (secondary N) is 1. The number of nitrogens with zero attached hydrogens (tertiary/aromatic N) is 1. The Morgan fingerprint density at radius 3 is 2.50 bits per heavy atom. The second-order valence-electron chi connectivity index (χ2n) is 6.57. The highest BCUT2D eigenvalue weighted by Crippen LogP contribution is 2.42. The molecular formula is C18H28N2. The minimum Gasteiger partial charge on any atom is -0.312 e. The van der Waals surface area contributed by atoms with E-state index in [2.05, 4.69) is 55.4 Å². The summed E-state index contributed by atoms with van der Waals surface area (Å²) in [5, 5.41) is 3.61. The smallest absolute Gasteiger partial charge is 0.0478 e. The fraction of sp³-hybridized carbons (Fsp3) is 0.667. The van der Waals surface area contributed by atoms with Gasteiger partial charge in [0.15, 0.2) is 0 Å². The van der Waals surface area contributed by atoms with Crippen LogP contribution in [0.2, 0.25) is 0 Å². The SMILES string of the molecule is CCCN(C1CC1)C1CC(C)c2ccccc2C1NC. The van der Waals surface area contributed by atoms with Gasteiger partial charge in [-0.1, -0.05) is 38.1 Å². The van der Waals surface area contributed by atoms with Crippen molar-refractivity contribution in [2.45, 2.75) is 63.6 Å². The van der Waals surface area contributed by atoms with E-state index < -0.39 is 0 Å². The molecule has 1 aromatic rings. The minimum atomic E-state index is 0.495. The van der Waals surface area contributed by atoms with Crippen LogP contribution in [0.5, 0.6) is 0 Å². The summed E-state index contributed by atoms with van der Waals surface area (Å²) in [5.74, 6) is 0.680. The summed E-state index contributed by atoms with van der Waals surface area (Å²) >= 11 is 0. The first-order valence-electron chi connectivity index (χ1n) is 8.28. The molecule has 20 heavy (non-hydrogen) atoms. The molecule has 0 spiro atoms. The molecule has 1 fully saturated rings. The Morgan fingerprint density at radius 2 is 1.90 bits per heavy atom. The second-order valence-corrected chi connectivity index (χ2v) is 6.57. The zero-order valence-electron chi connectivity index (χ0n) is 13.1. The van der Waals surface area contributed by atoms with E-state index in [0.29, 0.717) is 18.0 Å². The molecule has 0 saturated heterocycles. The molecule has 0 radical (unpaired) electrons. The van der Waals surface area contributed by atoms with Crippen molar-refractivity contribution in [3.63, 3.8) is 0 Å². The molecule has 0 aliphatic heterocycles. The van der Waals surface area contributed by atoms with Crippen molar-refractivity contribution in [2.75, 3.05) is 13.6 Å². The van der Waals surface area contributed by atoms with Crippen molar-refractivity contribution < 1.29 is 0 Å². The Hall–Kier alpha value is -0.860. The lowest BCUT2D eigenvalue weighted by molar-refractivity contribution is 0.127. The normalized spacial score (nSPS) is 29.5. The van der Waals surface area contributed by atoms with E-state index >= 15 is 0 Å². The summed E-state index contributed by atoms with van der Waals surface area (Å²) in [4.78, 5) is 2.80. The summed E-state index contributed by atoms with van der Waals surface area (Å²) in [7, 11) is 2.13. The first kappa shape index (κ1) is 14.1. The second kappa shape index (κ2) is 5.87. The van der Waals surface area contributed by atoms with Gasteiger partial charge in [-0.3, -0.25) is 4.90 Å². The van der Waals surface area contributed by atoms with Gasteiger partial charge in [0, 0.05) is 18.1 Å². The van der Waals surface area contributed by atoms with E-state index in [1.165, 1.54) is 37.8 Å². The van der Waals surface area contributed by atoms with Crippen LogP contribution in [0.4, 0.5) is 0 Å². The zero-order chi connectivity index (χ0) is 14.1. The fourth-order valence-corrected chi connectivity index (χ4v) is 4.03. The lowest BCUT2D eigenvalue weighted by Gasteiger charge is -2.43. The van der Waals surface area contributed by atoms with Crippen LogP contribution < -0.4 is 5.32 Å². The van der Waals surface area contributed by atoms with Crippen molar-refractivity contribution in [3.8, 4) is 0 Å². The predicted octanol–water partition coefficient (Wildman–Crippen LogP) is 3.70. The largest absolute Gasteiger partial charge is 0.312 e. The van der Waals surface area contributed by atoms with Crippen molar-refractivity contribution >= 4 is 0 Å². The zero-order valence-corrected chi connectivity index (χ0v) is 13.1. The predicted molar refractivity (Wildman–Crippen MR) is 85.1 cm³/mol. The van der Waals surface area contributed by atoms with E-state index in [4.69, 9.17) is 0 Å². The number of hydrogen-bond donors (Lipinski definition) is 1. The van der Waals surface area contributed by atoms with E-state index in [0.717, 1.165) is 6.04 Å². The molecule has 1 aromatic carbocycles. The van der Waals surface area contributed by atoms with E-state index in [-0.39, 0.29) is 0 Å². The summed E-state index contributed by atoms with van der Waals surface area (Å²) in [6.45, 7) is 5.96. The Balaban J connectivity index is 1.91. The van der Waals surface area contributed by atoms with E-state index in [9.17, 15) is 0 Å². The van der Waals surface area contributed by atoms with E-state index in [1.807, 2.05) is 0 Å². The molecule has 3 unspecified atom stereocenters. The molecule has 0 heterocycles. The van der Waals surface area contributed by atoms with Crippen LogP contribution in [-0.2, 0) is 0 Å². The van der Waals surface area contributed by atoms with Crippen molar-refractivity contribution in [2.24, 2.45) is 0 Å². The molecular weight excluding hydrogens is 244 g/mol. The number of fused-ring (bicyclic) bond motifs is 1. The molecule has 0 bridgehead atoms. The summed E-state index contributed by atoms with van der Waals surface area (Å²) in [6.07, 6.45) is 5.37. The molecule has 1 saturated carbocycles. The maximum atomic E-state index is 3.61. The van der Waals surface area contributed by atoms with Gasteiger partial charge < -0.3 is 5.32 Å². The monoisotopic (exact) mass is 272 g/mol. The highest BCUT2D eigenvalue weighted by molar-refractivity contribution is 5.36. The Morgan fingerprint density at radius 1 is 1.20 bits per heavy atom. The van der Waals surface area contributed by atoms with Crippen LogP contribution >= 0.6 is 0 Å². The van der Waals surface area contributed by atoms with Gasteiger partial charge in [-0.15, -0.1) is 0 Å². The van der Waals surface area contributed by atoms with Gasteiger partial charge in [-0.05, 0) is 56.3 Å². The lowest BCUT2D eigenvalue weighted by atomic mass is 9.77. The third-order valence-electron chi connectivity index (χ3n) is 5.08. The maximum Gasteiger partial charge on any atom is 0.0478 e. The average Bonchev–Trinajstić information content (AvgIpc) is 3.29. The number of rotatable bonds is 5. The molecule has 1 N–H and O–H groups in total. The minimum absolute atomic E-state index is 0.495. The van der Waals surface area contributed by atoms with Gasteiger partial charge in [-0.2, -0.15) is 0 Å². The quantitative estimate of drug-likeness (QED) is 0.879. The van der Waals surface area contributed by atoms with Crippen LogP contribution in [0.1, 0.15) is 62.6 Å². The highest BCUT2D eigenvalue weighted by Gasteiger charge is 2.40. The molecule has 2 aliphatic carbocycles. The summed E-state index contributed by atoms with van der Waals surface area (Å²) < 4.78 is 0. The van der Waals surface area contributed by atoms with Gasteiger partial charge in [0.1, 0.15) is 0 Å². The van der Waals surface area contributed by atoms with Gasteiger partial charge in [0.2, 0.25) is 0 Å². The molecule has 2 aliphatic rings. The van der Waals surface area contributed by atoms with E-state index in [1.54, 1.807) is 5.56 Å². The molecule has 3 rings (SSSR count). The van der Waals surface area contributed by atoms with Crippen LogP contribution in [0.25, 0.3) is 0 Å². The first-order valence-corrected chi connectivity index (χ1v) is 8.28. The van der Waals surface area contributed by atoms with Crippen LogP contribution in [0.15, 0.2) is 24.3 Å². The third-order valence-corrected chi connectivity index (χ3v) is 5.08. The fourth-order valence-electron chi connectivity index (χ4n) is 4.03. The summed E-state index contributed by atoms with van der Waals surface area (Å²) in [6, 6.07) is 11.0. The van der Waals surface area contributed by atoms with Crippen LogP contribution in [-0.4, -0.2) is 30.6 Å². The Bertz CT molecular complexity index is 452. The van der Waals surface area contributed by atoms with Gasteiger partial charge in [0.05, 0.1) is 0 Å². The lowest BCUT2D eigenvalue weighted by Crippen LogP contribution is -2.48. The van der Waals surface area contributed by atoms with Crippen molar-refractivity contribution in [1.29, 1.82) is 0 Å². The van der Waals surface area contributed by atoms with Crippen molar-refractivity contribution in [3.05, 3.63) is 35.4 Å². The van der Waals surface area contributed by atoms with Crippen LogP contribution in [0, 0.1) is 0 Å². The Kier molecular flexibility index (Phi) is 4.13. The van der Waals surface area contributed by atoms with Crippen molar-refractivity contribution in [1.82, 2.24) is 10.2 Å². The number of likely N-dealkylation sites (N-methyl/N-ethyl adjacent to an activating group) is 1. The first-order chi connectivity index (χ1) is 9.76. The average molecular weight is 272 g/mol. The third kappa shape index (κ3) is 2.51. The maximum absolute atomic E-state index is 3.61. The molecule has 0 aromatic heterocycles. The van der Waals surface area contributed by atoms with Gasteiger partial charge in [-0.25, -0.2) is 0 Å². The molecule has 2 nitrogen and oxygen atoms in total.